The largest absolute Gasteiger partial charge is 0.351 e. The fourth-order valence-electron chi connectivity index (χ4n) is 3.03. The van der Waals surface area contributed by atoms with Gasteiger partial charge < -0.3 is 11.1 Å². The number of rotatable bonds is 6. The van der Waals surface area contributed by atoms with Gasteiger partial charge in [0.2, 0.25) is 5.91 Å². The predicted molar refractivity (Wildman–Crippen MR) is 82.4 cm³/mol. The number of benzene rings is 1. The van der Waals surface area contributed by atoms with Crippen LogP contribution in [0.1, 0.15) is 51.0 Å². The lowest BCUT2D eigenvalue weighted by Gasteiger charge is -2.27. The molecule has 0 spiro atoms. The number of carbonyl (C=O) groups excluding carboxylic acids is 1. The molecule has 0 aromatic heterocycles. The Morgan fingerprint density at radius 2 is 1.95 bits per heavy atom. The van der Waals surface area contributed by atoms with Crippen molar-refractivity contribution in [2.45, 2.75) is 63.5 Å². The first-order valence-electron chi connectivity index (χ1n) is 7.78. The summed E-state index contributed by atoms with van der Waals surface area (Å²) in [5, 5.41) is 3.18. The summed E-state index contributed by atoms with van der Waals surface area (Å²) in [6, 6.07) is 10.5. The maximum Gasteiger partial charge on any atom is 0.240 e. The maximum absolute atomic E-state index is 12.4. The average Bonchev–Trinajstić information content (AvgIpc) is 2.88. The molecule has 0 bridgehead atoms. The van der Waals surface area contributed by atoms with E-state index in [9.17, 15) is 4.79 Å². The van der Waals surface area contributed by atoms with E-state index in [0.29, 0.717) is 0 Å². The number of hydrogen-bond acceptors (Lipinski definition) is 2. The van der Waals surface area contributed by atoms with Crippen molar-refractivity contribution < 1.29 is 4.79 Å². The van der Waals surface area contributed by atoms with Gasteiger partial charge in [0.1, 0.15) is 0 Å². The molecule has 1 saturated carbocycles. The van der Waals surface area contributed by atoms with E-state index in [2.05, 4.69) is 24.4 Å². The number of hydrogen-bond donors (Lipinski definition) is 2. The SMILES string of the molecule is CCCC(Cc1ccccc1)NC(=O)C1(N)CCCC1. The lowest BCUT2D eigenvalue weighted by atomic mass is 9.95. The molecule has 1 atom stereocenters. The number of nitrogens with two attached hydrogens (primary N) is 1. The van der Waals surface area contributed by atoms with Gasteiger partial charge in [0.05, 0.1) is 5.54 Å². The van der Waals surface area contributed by atoms with E-state index in [0.717, 1.165) is 44.9 Å². The summed E-state index contributed by atoms with van der Waals surface area (Å²) < 4.78 is 0. The molecular formula is C17H26N2O. The van der Waals surface area contributed by atoms with Gasteiger partial charge in [-0.2, -0.15) is 0 Å². The van der Waals surface area contributed by atoms with Gasteiger partial charge in [-0.15, -0.1) is 0 Å². The zero-order valence-electron chi connectivity index (χ0n) is 12.4. The van der Waals surface area contributed by atoms with Crippen molar-refractivity contribution in [3.63, 3.8) is 0 Å². The molecule has 3 heteroatoms. The highest BCUT2D eigenvalue weighted by Crippen LogP contribution is 2.27. The molecule has 1 amide bonds. The van der Waals surface area contributed by atoms with Gasteiger partial charge in [-0.3, -0.25) is 4.79 Å². The second kappa shape index (κ2) is 6.89. The minimum absolute atomic E-state index is 0.0457. The minimum Gasteiger partial charge on any atom is -0.351 e. The van der Waals surface area contributed by atoms with Crippen LogP contribution in [0.4, 0.5) is 0 Å². The highest BCUT2D eigenvalue weighted by molar-refractivity contribution is 5.86. The minimum atomic E-state index is -0.622. The predicted octanol–water partition coefficient (Wildman–Crippen LogP) is 2.79. The maximum atomic E-state index is 12.4. The van der Waals surface area contributed by atoms with Crippen LogP contribution in [0.3, 0.4) is 0 Å². The fourth-order valence-corrected chi connectivity index (χ4v) is 3.03. The molecule has 3 N–H and O–H groups in total. The van der Waals surface area contributed by atoms with Gasteiger partial charge in [0.25, 0.3) is 0 Å². The Kier molecular flexibility index (Phi) is 5.18. The molecule has 0 saturated heterocycles. The van der Waals surface area contributed by atoms with E-state index in [1.807, 2.05) is 18.2 Å². The van der Waals surface area contributed by atoms with Gasteiger partial charge in [0, 0.05) is 6.04 Å². The van der Waals surface area contributed by atoms with Gasteiger partial charge in [0.15, 0.2) is 0 Å². The average molecular weight is 274 g/mol. The van der Waals surface area contributed by atoms with Crippen molar-refractivity contribution in [2.24, 2.45) is 5.73 Å². The van der Waals surface area contributed by atoms with Crippen LogP contribution in [-0.4, -0.2) is 17.5 Å². The Morgan fingerprint density at radius 1 is 1.30 bits per heavy atom. The molecule has 0 aliphatic heterocycles. The van der Waals surface area contributed by atoms with Crippen LogP contribution in [-0.2, 0) is 11.2 Å². The molecule has 1 aliphatic rings. The molecule has 0 heterocycles. The highest BCUT2D eigenvalue weighted by atomic mass is 16.2. The molecule has 1 aromatic rings. The summed E-state index contributed by atoms with van der Waals surface area (Å²) in [6.45, 7) is 2.15. The van der Waals surface area contributed by atoms with E-state index in [-0.39, 0.29) is 11.9 Å². The van der Waals surface area contributed by atoms with Crippen LogP contribution in [0.5, 0.6) is 0 Å². The van der Waals surface area contributed by atoms with Gasteiger partial charge in [-0.1, -0.05) is 56.5 Å². The lowest BCUT2D eigenvalue weighted by molar-refractivity contribution is -0.126. The third-order valence-corrected chi connectivity index (χ3v) is 4.25. The Labute approximate surface area is 121 Å². The third kappa shape index (κ3) is 3.83. The van der Waals surface area contributed by atoms with E-state index in [4.69, 9.17) is 5.73 Å². The van der Waals surface area contributed by atoms with Crippen molar-refractivity contribution in [3.8, 4) is 0 Å². The first kappa shape index (κ1) is 15.0. The second-order valence-corrected chi connectivity index (χ2v) is 6.01. The zero-order chi connectivity index (χ0) is 14.4. The van der Waals surface area contributed by atoms with E-state index in [1.165, 1.54) is 5.56 Å². The summed E-state index contributed by atoms with van der Waals surface area (Å²) in [5.41, 5.74) is 6.87. The molecule has 110 valence electrons. The Bertz CT molecular complexity index is 424. The van der Waals surface area contributed by atoms with Gasteiger partial charge in [-0.25, -0.2) is 0 Å². The molecule has 1 aliphatic carbocycles. The summed E-state index contributed by atoms with van der Waals surface area (Å²) in [5.74, 6) is 0.0457. The molecular weight excluding hydrogens is 248 g/mol. The summed E-state index contributed by atoms with van der Waals surface area (Å²) in [4.78, 5) is 12.4. The highest BCUT2D eigenvalue weighted by Gasteiger charge is 2.37. The van der Waals surface area contributed by atoms with Crippen molar-refractivity contribution in [1.29, 1.82) is 0 Å². The monoisotopic (exact) mass is 274 g/mol. The van der Waals surface area contributed by atoms with Crippen LogP contribution in [0.2, 0.25) is 0 Å². The Hall–Kier alpha value is -1.35. The van der Waals surface area contributed by atoms with Gasteiger partial charge >= 0.3 is 0 Å². The molecule has 2 rings (SSSR count). The van der Waals surface area contributed by atoms with Crippen LogP contribution in [0.25, 0.3) is 0 Å². The van der Waals surface area contributed by atoms with Crippen LogP contribution in [0.15, 0.2) is 30.3 Å². The van der Waals surface area contributed by atoms with E-state index < -0.39 is 5.54 Å². The number of amides is 1. The molecule has 20 heavy (non-hydrogen) atoms. The van der Waals surface area contributed by atoms with Crippen LogP contribution in [0, 0.1) is 0 Å². The summed E-state index contributed by atoms with van der Waals surface area (Å²) in [7, 11) is 0. The van der Waals surface area contributed by atoms with E-state index >= 15 is 0 Å². The van der Waals surface area contributed by atoms with Crippen molar-refractivity contribution in [3.05, 3.63) is 35.9 Å². The standard InChI is InChI=1S/C17H26N2O/c1-2-8-15(13-14-9-4-3-5-10-14)19-16(20)17(18)11-6-7-12-17/h3-5,9-10,15H,2,6-8,11-13,18H2,1H3,(H,19,20). The Balaban J connectivity index is 1.96. The topological polar surface area (TPSA) is 55.1 Å². The molecule has 3 nitrogen and oxygen atoms in total. The van der Waals surface area contributed by atoms with Crippen molar-refractivity contribution >= 4 is 5.91 Å². The molecule has 1 aromatic carbocycles. The smallest absolute Gasteiger partial charge is 0.240 e. The fraction of sp³-hybridized carbons (Fsp3) is 0.588. The zero-order valence-corrected chi connectivity index (χ0v) is 12.4. The van der Waals surface area contributed by atoms with Gasteiger partial charge in [-0.05, 0) is 31.2 Å². The van der Waals surface area contributed by atoms with Crippen LogP contribution >= 0.6 is 0 Å². The molecule has 1 fully saturated rings. The summed E-state index contributed by atoms with van der Waals surface area (Å²) in [6.07, 6.45) is 6.73. The number of nitrogens with one attached hydrogen (secondary N) is 1. The summed E-state index contributed by atoms with van der Waals surface area (Å²) >= 11 is 0. The normalized spacial score (nSPS) is 18.7. The first-order chi connectivity index (χ1) is 9.64. The van der Waals surface area contributed by atoms with E-state index in [1.54, 1.807) is 0 Å². The quantitative estimate of drug-likeness (QED) is 0.838. The molecule has 0 radical (unpaired) electrons. The lowest BCUT2D eigenvalue weighted by Crippen LogP contribution is -2.54. The van der Waals surface area contributed by atoms with Crippen molar-refractivity contribution in [1.82, 2.24) is 5.32 Å². The third-order valence-electron chi connectivity index (χ3n) is 4.25. The first-order valence-corrected chi connectivity index (χ1v) is 7.78. The Morgan fingerprint density at radius 3 is 2.55 bits per heavy atom. The number of carbonyl (C=O) groups is 1. The second-order valence-electron chi connectivity index (χ2n) is 6.01. The van der Waals surface area contributed by atoms with Crippen LogP contribution < -0.4 is 11.1 Å². The van der Waals surface area contributed by atoms with Crippen molar-refractivity contribution in [2.75, 3.05) is 0 Å². The molecule has 1 unspecified atom stereocenters.